The smallest absolute Gasteiger partial charge is 0.249 e. The second-order valence-corrected chi connectivity index (χ2v) is 10.6. The van der Waals surface area contributed by atoms with Crippen LogP contribution in [0.25, 0.3) is 0 Å². The summed E-state index contributed by atoms with van der Waals surface area (Å²) < 4.78 is 32.9. The van der Waals surface area contributed by atoms with Gasteiger partial charge in [-0.2, -0.15) is 4.31 Å². The fraction of sp³-hybridized carbons (Fsp3) is 0.440. The lowest BCUT2D eigenvalue weighted by molar-refractivity contribution is -0.137. The Balaban J connectivity index is 1.69. The number of hydrogen-bond donors (Lipinski definition) is 1. The summed E-state index contributed by atoms with van der Waals surface area (Å²) in [7, 11) is -3.68. The zero-order chi connectivity index (χ0) is 24.7. The summed E-state index contributed by atoms with van der Waals surface area (Å²) in [5.41, 5.74) is 0.703. The van der Waals surface area contributed by atoms with Crippen molar-refractivity contribution < 1.29 is 22.7 Å². The van der Waals surface area contributed by atoms with Crippen LogP contribution in [0.4, 0.5) is 0 Å². The molecule has 8 nitrogen and oxygen atoms in total. The zero-order valence-corrected chi connectivity index (χ0v) is 20.8. The lowest BCUT2D eigenvalue weighted by atomic mass is 10.0. The fourth-order valence-electron chi connectivity index (χ4n) is 3.88. The van der Waals surface area contributed by atoms with Gasteiger partial charge in [0.25, 0.3) is 0 Å². The predicted octanol–water partition coefficient (Wildman–Crippen LogP) is 2.82. The Bertz CT molecular complexity index is 1060. The molecular weight excluding hydrogens is 454 g/mol. The lowest BCUT2D eigenvalue weighted by Gasteiger charge is -2.36. The van der Waals surface area contributed by atoms with Crippen LogP contribution in [0.2, 0.25) is 0 Å². The van der Waals surface area contributed by atoms with E-state index < -0.39 is 16.1 Å². The highest BCUT2D eigenvalue weighted by molar-refractivity contribution is 7.89. The Morgan fingerprint density at radius 2 is 1.59 bits per heavy atom. The number of benzene rings is 2. The van der Waals surface area contributed by atoms with Crippen molar-refractivity contribution in [3.63, 3.8) is 0 Å². The number of hydrogen-bond acceptors (Lipinski definition) is 5. The van der Waals surface area contributed by atoms with Crippen LogP contribution in [0.3, 0.4) is 0 Å². The average molecular weight is 488 g/mol. The summed E-state index contributed by atoms with van der Waals surface area (Å²) in [5, 5.41) is 2.87. The van der Waals surface area contributed by atoms with Crippen molar-refractivity contribution in [1.82, 2.24) is 14.5 Å². The first-order valence-electron chi connectivity index (χ1n) is 11.6. The SMILES string of the molecule is CCOc1ccc(S(=O)(=O)N2CCN(C(=O)C(NC(=O)CC(C)C)c3ccccc3)CC2)cc1. The normalized spacial score (nSPS) is 15.7. The van der Waals surface area contributed by atoms with Gasteiger partial charge in [-0.05, 0) is 42.7 Å². The van der Waals surface area contributed by atoms with Crippen molar-refractivity contribution in [2.24, 2.45) is 5.92 Å². The monoisotopic (exact) mass is 487 g/mol. The first kappa shape index (κ1) is 25.7. The average Bonchev–Trinajstić information content (AvgIpc) is 2.83. The van der Waals surface area contributed by atoms with E-state index >= 15 is 0 Å². The maximum Gasteiger partial charge on any atom is 0.249 e. The molecule has 2 aromatic rings. The van der Waals surface area contributed by atoms with Crippen LogP contribution in [0.5, 0.6) is 5.75 Å². The Morgan fingerprint density at radius 3 is 2.15 bits per heavy atom. The molecule has 1 aliphatic rings. The Labute approximate surface area is 201 Å². The van der Waals surface area contributed by atoms with Gasteiger partial charge < -0.3 is 15.0 Å². The molecule has 0 radical (unpaired) electrons. The number of carbonyl (C=O) groups is 2. The summed E-state index contributed by atoms with van der Waals surface area (Å²) in [6.45, 7) is 7.13. The zero-order valence-electron chi connectivity index (χ0n) is 19.9. The summed E-state index contributed by atoms with van der Waals surface area (Å²) >= 11 is 0. The third-order valence-electron chi connectivity index (χ3n) is 5.60. The number of amides is 2. The van der Waals surface area contributed by atoms with Gasteiger partial charge in [0.15, 0.2) is 0 Å². The second-order valence-electron chi connectivity index (χ2n) is 8.64. The highest BCUT2D eigenvalue weighted by atomic mass is 32.2. The van der Waals surface area contributed by atoms with E-state index in [0.29, 0.717) is 24.3 Å². The number of ether oxygens (including phenoxy) is 1. The summed E-state index contributed by atoms with van der Waals surface area (Å²) in [6.07, 6.45) is 0.324. The number of nitrogens with zero attached hydrogens (tertiary/aromatic N) is 2. The van der Waals surface area contributed by atoms with E-state index in [1.807, 2.05) is 51.1 Å². The first-order valence-corrected chi connectivity index (χ1v) is 13.0. The van der Waals surface area contributed by atoms with Gasteiger partial charge in [0.1, 0.15) is 11.8 Å². The molecule has 9 heteroatoms. The Morgan fingerprint density at radius 1 is 0.971 bits per heavy atom. The maximum absolute atomic E-state index is 13.4. The summed E-state index contributed by atoms with van der Waals surface area (Å²) in [4.78, 5) is 27.6. The van der Waals surface area contributed by atoms with E-state index in [4.69, 9.17) is 4.74 Å². The van der Waals surface area contributed by atoms with Crippen LogP contribution < -0.4 is 10.1 Å². The molecule has 1 unspecified atom stereocenters. The predicted molar refractivity (Wildman–Crippen MR) is 130 cm³/mol. The topological polar surface area (TPSA) is 96.0 Å². The van der Waals surface area contributed by atoms with E-state index in [2.05, 4.69) is 5.32 Å². The minimum Gasteiger partial charge on any atom is -0.494 e. The third kappa shape index (κ3) is 6.36. The van der Waals surface area contributed by atoms with E-state index in [9.17, 15) is 18.0 Å². The fourth-order valence-corrected chi connectivity index (χ4v) is 5.30. The molecule has 1 saturated heterocycles. The molecule has 0 bridgehead atoms. The van der Waals surface area contributed by atoms with Crippen LogP contribution in [-0.4, -0.2) is 62.2 Å². The second kappa shape index (κ2) is 11.5. The molecule has 0 spiro atoms. The Hall–Kier alpha value is -2.91. The van der Waals surface area contributed by atoms with Gasteiger partial charge in [-0.15, -0.1) is 0 Å². The maximum atomic E-state index is 13.4. The number of sulfonamides is 1. The summed E-state index contributed by atoms with van der Waals surface area (Å²) in [5.74, 6) is 0.363. The van der Waals surface area contributed by atoms with E-state index in [0.717, 1.165) is 0 Å². The molecule has 0 aliphatic carbocycles. The van der Waals surface area contributed by atoms with Gasteiger partial charge in [0.05, 0.1) is 11.5 Å². The van der Waals surface area contributed by atoms with Crippen LogP contribution in [0, 0.1) is 5.92 Å². The molecule has 34 heavy (non-hydrogen) atoms. The number of nitrogens with one attached hydrogen (secondary N) is 1. The van der Waals surface area contributed by atoms with E-state index in [-0.39, 0.29) is 48.8 Å². The van der Waals surface area contributed by atoms with Gasteiger partial charge >= 0.3 is 0 Å². The van der Waals surface area contributed by atoms with Crippen LogP contribution >= 0.6 is 0 Å². The van der Waals surface area contributed by atoms with Gasteiger partial charge in [-0.1, -0.05) is 44.2 Å². The van der Waals surface area contributed by atoms with Crippen LogP contribution in [0.15, 0.2) is 59.5 Å². The standard InChI is InChI=1S/C25H33N3O5S/c1-4-33-21-10-12-22(13-11-21)34(31,32)28-16-14-27(15-17-28)25(30)24(20-8-6-5-7-9-20)26-23(29)18-19(2)3/h5-13,19,24H,4,14-18H2,1-3H3,(H,26,29). The quantitative estimate of drug-likeness (QED) is 0.587. The molecule has 1 heterocycles. The van der Waals surface area contributed by atoms with Crippen molar-refractivity contribution in [1.29, 1.82) is 0 Å². The molecular formula is C25H33N3O5S. The third-order valence-corrected chi connectivity index (χ3v) is 7.51. The lowest BCUT2D eigenvalue weighted by Crippen LogP contribution is -2.53. The molecule has 1 atom stereocenters. The number of carbonyl (C=O) groups excluding carboxylic acids is 2. The van der Waals surface area contributed by atoms with Crippen molar-refractivity contribution in [2.75, 3.05) is 32.8 Å². The molecule has 0 saturated carbocycles. The summed E-state index contributed by atoms with van der Waals surface area (Å²) in [6, 6.07) is 14.7. The van der Waals surface area contributed by atoms with E-state index in [1.165, 1.54) is 16.4 Å². The molecule has 1 aliphatic heterocycles. The van der Waals surface area contributed by atoms with Gasteiger partial charge in [-0.3, -0.25) is 9.59 Å². The van der Waals surface area contributed by atoms with Crippen LogP contribution in [-0.2, 0) is 19.6 Å². The molecule has 1 N–H and O–H groups in total. The first-order chi connectivity index (χ1) is 16.2. The van der Waals surface area contributed by atoms with Crippen molar-refractivity contribution in [2.45, 2.75) is 38.1 Å². The molecule has 3 rings (SSSR count). The van der Waals surface area contributed by atoms with Gasteiger partial charge in [-0.25, -0.2) is 8.42 Å². The highest BCUT2D eigenvalue weighted by Gasteiger charge is 2.33. The number of rotatable bonds is 9. The van der Waals surface area contributed by atoms with Crippen molar-refractivity contribution >= 4 is 21.8 Å². The number of piperazine rings is 1. The largest absolute Gasteiger partial charge is 0.494 e. The minimum atomic E-state index is -3.68. The van der Waals surface area contributed by atoms with Crippen molar-refractivity contribution in [3.05, 3.63) is 60.2 Å². The minimum absolute atomic E-state index is 0.169. The molecule has 2 amide bonds. The van der Waals surface area contributed by atoms with Crippen LogP contribution in [0.1, 0.15) is 38.8 Å². The molecule has 2 aromatic carbocycles. The van der Waals surface area contributed by atoms with Crippen molar-refractivity contribution in [3.8, 4) is 5.75 Å². The molecule has 0 aromatic heterocycles. The molecule has 1 fully saturated rings. The van der Waals surface area contributed by atoms with Gasteiger partial charge in [0, 0.05) is 32.6 Å². The Kier molecular flexibility index (Phi) is 8.68. The van der Waals surface area contributed by atoms with E-state index in [1.54, 1.807) is 17.0 Å². The van der Waals surface area contributed by atoms with Gasteiger partial charge in [0.2, 0.25) is 21.8 Å². The highest BCUT2D eigenvalue weighted by Crippen LogP contribution is 2.23. The molecule has 184 valence electrons.